The van der Waals surface area contributed by atoms with E-state index in [4.69, 9.17) is 4.42 Å². The minimum absolute atomic E-state index is 0.0777. The Morgan fingerprint density at radius 2 is 2.04 bits per heavy atom. The summed E-state index contributed by atoms with van der Waals surface area (Å²) in [4.78, 5) is 25.1. The molecule has 8 nitrogen and oxygen atoms in total. The van der Waals surface area contributed by atoms with Gasteiger partial charge in [-0.25, -0.2) is 13.2 Å². The molecule has 3 rings (SSSR count). The molecule has 1 amide bonds. The van der Waals surface area contributed by atoms with Gasteiger partial charge in [0.25, 0.3) is 0 Å². The number of hydrogen-bond acceptors (Lipinski definition) is 6. The van der Waals surface area contributed by atoms with Gasteiger partial charge in [0.05, 0.1) is 17.0 Å². The van der Waals surface area contributed by atoms with Gasteiger partial charge >= 0.3 is 5.76 Å². The number of rotatable bonds is 7. The van der Waals surface area contributed by atoms with Crippen molar-refractivity contribution in [1.82, 2.24) is 14.6 Å². The predicted molar refractivity (Wildman–Crippen MR) is 107 cm³/mol. The fourth-order valence-corrected chi connectivity index (χ4v) is 4.71. The number of carbonyl (C=O) groups excluding carboxylic acids is 1. The van der Waals surface area contributed by atoms with E-state index in [1.54, 1.807) is 13.8 Å². The number of aryl methyl sites for hydroxylation is 1. The lowest BCUT2D eigenvalue weighted by Crippen LogP contribution is -2.49. The topological polar surface area (TPSA) is 110 Å². The SMILES string of the molecule is CC(C)[C@@H](NS(=O)(=O)c1ccc2c(c1)oc(=O)n2C)C(=O)NCc1cccs1. The average Bonchev–Trinajstić information content (AvgIpc) is 3.25. The van der Waals surface area contributed by atoms with Gasteiger partial charge in [-0.3, -0.25) is 9.36 Å². The second-order valence-corrected chi connectivity index (χ2v) is 9.44. The molecule has 2 heterocycles. The summed E-state index contributed by atoms with van der Waals surface area (Å²) in [5.41, 5.74) is 0.650. The molecule has 150 valence electrons. The van der Waals surface area contributed by atoms with Crippen LogP contribution >= 0.6 is 11.3 Å². The zero-order valence-electron chi connectivity index (χ0n) is 15.6. The predicted octanol–water partition coefficient (Wildman–Crippen LogP) is 1.81. The van der Waals surface area contributed by atoms with Crippen LogP contribution in [0.4, 0.5) is 0 Å². The molecule has 0 saturated heterocycles. The molecule has 0 aliphatic carbocycles. The summed E-state index contributed by atoms with van der Waals surface area (Å²) in [7, 11) is -2.46. The summed E-state index contributed by atoms with van der Waals surface area (Å²) in [6.45, 7) is 3.86. The number of thiophene rings is 1. The molecule has 2 N–H and O–H groups in total. The Labute approximate surface area is 166 Å². The molecule has 3 aromatic rings. The molecule has 0 aliphatic heterocycles. The van der Waals surface area contributed by atoms with Crippen molar-refractivity contribution in [2.45, 2.75) is 31.3 Å². The van der Waals surface area contributed by atoms with Gasteiger partial charge in [0, 0.05) is 18.0 Å². The van der Waals surface area contributed by atoms with Gasteiger partial charge in [0.1, 0.15) is 6.04 Å². The van der Waals surface area contributed by atoms with E-state index in [1.807, 2.05) is 17.5 Å². The minimum atomic E-state index is -4.00. The molecule has 0 bridgehead atoms. The second kappa shape index (κ2) is 7.90. The van der Waals surface area contributed by atoms with Crippen molar-refractivity contribution in [3.8, 4) is 0 Å². The van der Waals surface area contributed by atoms with Crippen LogP contribution in [0.5, 0.6) is 0 Å². The van der Waals surface area contributed by atoms with E-state index in [0.717, 1.165) is 4.88 Å². The van der Waals surface area contributed by atoms with Gasteiger partial charge in [-0.15, -0.1) is 11.3 Å². The number of benzene rings is 1. The summed E-state index contributed by atoms with van der Waals surface area (Å²) in [6, 6.07) is 6.98. The molecule has 1 atom stereocenters. The molecular weight excluding hydrogens is 402 g/mol. The number of amides is 1. The first kappa shape index (κ1) is 20.3. The van der Waals surface area contributed by atoms with Crippen LogP contribution in [-0.4, -0.2) is 24.9 Å². The zero-order chi connectivity index (χ0) is 20.5. The van der Waals surface area contributed by atoms with Gasteiger partial charge in [-0.2, -0.15) is 4.72 Å². The van der Waals surface area contributed by atoms with E-state index < -0.39 is 27.7 Å². The molecule has 0 unspecified atom stereocenters. The fourth-order valence-electron chi connectivity index (χ4n) is 2.71. The Morgan fingerprint density at radius 3 is 2.68 bits per heavy atom. The van der Waals surface area contributed by atoms with Crippen LogP contribution in [0.2, 0.25) is 0 Å². The Kier molecular flexibility index (Phi) is 5.73. The van der Waals surface area contributed by atoms with Crippen LogP contribution in [0.25, 0.3) is 11.1 Å². The highest BCUT2D eigenvalue weighted by atomic mass is 32.2. The van der Waals surface area contributed by atoms with Gasteiger partial charge < -0.3 is 9.73 Å². The Hall–Kier alpha value is -2.43. The summed E-state index contributed by atoms with van der Waals surface area (Å²) >= 11 is 1.51. The molecular formula is C18H21N3O5S2. The normalized spacial score (nSPS) is 13.1. The fraction of sp³-hybridized carbons (Fsp3) is 0.333. The third-order valence-corrected chi connectivity index (χ3v) is 6.64. The number of sulfonamides is 1. The van der Waals surface area contributed by atoms with Crippen molar-refractivity contribution in [3.05, 3.63) is 51.1 Å². The summed E-state index contributed by atoms with van der Waals surface area (Å²) < 4.78 is 34.4. The van der Waals surface area contributed by atoms with E-state index in [0.29, 0.717) is 12.1 Å². The Bertz CT molecular complexity index is 1140. The van der Waals surface area contributed by atoms with Crippen LogP contribution in [0.1, 0.15) is 18.7 Å². The van der Waals surface area contributed by atoms with Crippen molar-refractivity contribution in [3.63, 3.8) is 0 Å². The highest BCUT2D eigenvalue weighted by Gasteiger charge is 2.28. The Balaban J connectivity index is 1.81. The zero-order valence-corrected chi connectivity index (χ0v) is 17.3. The molecule has 0 fully saturated rings. The highest BCUT2D eigenvalue weighted by molar-refractivity contribution is 7.89. The lowest BCUT2D eigenvalue weighted by molar-refractivity contribution is -0.123. The van der Waals surface area contributed by atoms with Crippen LogP contribution in [0, 0.1) is 5.92 Å². The van der Waals surface area contributed by atoms with Gasteiger partial charge in [-0.1, -0.05) is 19.9 Å². The minimum Gasteiger partial charge on any atom is -0.408 e. The van der Waals surface area contributed by atoms with E-state index in [-0.39, 0.29) is 16.4 Å². The lowest BCUT2D eigenvalue weighted by atomic mass is 10.1. The molecule has 0 saturated carbocycles. The molecule has 0 spiro atoms. The quantitative estimate of drug-likeness (QED) is 0.602. The van der Waals surface area contributed by atoms with E-state index in [1.165, 1.54) is 41.2 Å². The number of fused-ring (bicyclic) bond motifs is 1. The van der Waals surface area contributed by atoms with Crippen molar-refractivity contribution < 1.29 is 17.6 Å². The van der Waals surface area contributed by atoms with Crippen LogP contribution in [-0.2, 0) is 28.4 Å². The van der Waals surface area contributed by atoms with E-state index >= 15 is 0 Å². The van der Waals surface area contributed by atoms with Gasteiger partial charge in [0.15, 0.2) is 5.58 Å². The van der Waals surface area contributed by atoms with Gasteiger partial charge in [-0.05, 0) is 29.5 Å². The van der Waals surface area contributed by atoms with E-state index in [9.17, 15) is 18.0 Å². The third-order valence-electron chi connectivity index (χ3n) is 4.32. The molecule has 28 heavy (non-hydrogen) atoms. The van der Waals surface area contributed by atoms with Crippen LogP contribution < -0.4 is 15.8 Å². The van der Waals surface area contributed by atoms with E-state index in [2.05, 4.69) is 10.0 Å². The molecule has 0 radical (unpaired) electrons. The van der Waals surface area contributed by atoms with Crippen LogP contribution in [0.15, 0.2) is 49.8 Å². The first-order valence-corrected chi connectivity index (χ1v) is 11.0. The maximum absolute atomic E-state index is 12.8. The third kappa shape index (κ3) is 4.18. The van der Waals surface area contributed by atoms with Crippen molar-refractivity contribution in [2.75, 3.05) is 0 Å². The number of oxazole rings is 1. The smallest absolute Gasteiger partial charge is 0.408 e. The van der Waals surface area contributed by atoms with Gasteiger partial charge in [0.2, 0.25) is 15.9 Å². The first-order valence-electron chi connectivity index (χ1n) is 8.61. The van der Waals surface area contributed by atoms with Crippen molar-refractivity contribution in [1.29, 1.82) is 0 Å². The number of carbonyl (C=O) groups is 1. The summed E-state index contributed by atoms with van der Waals surface area (Å²) in [5, 5.41) is 4.67. The summed E-state index contributed by atoms with van der Waals surface area (Å²) in [5.74, 6) is -1.25. The number of nitrogens with one attached hydrogen (secondary N) is 2. The van der Waals surface area contributed by atoms with Crippen LogP contribution in [0.3, 0.4) is 0 Å². The van der Waals surface area contributed by atoms with Crippen molar-refractivity contribution in [2.24, 2.45) is 13.0 Å². The maximum Gasteiger partial charge on any atom is 0.419 e. The number of nitrogens with zero attached hydrogens (tertiary/aromatic N) is 1. The summed E-state index contributed by atoms with van der Waals surface area (Å²) in [6.07, 6.45) is 0. The monoisotopic (exact) mass is 423 g/mol. The number of aromatic nitrogens is 1. The molecule has 2 aromatic heterocycles. The first-order chi connectivity index (χ1) is 13.2. The number of hydrogen-bond donors (Lipinski definition) is 2. The Morgan fingerprint density at radius 1 is 1.29 bits per heavy atom. The highest BCUT2D eigenvalue weighted by Crippen LogP contribution is 2.19. The average molecular weight is 424 g/mol. The molecule has 10 heteroatoms. The maximum atomic E-state index is 12.8. The lowest BCUT2D eigenvalue weighted by Gasteiger charge is -2.21. The second-order valence-electron chi connectivity index (χ2n) is 6.70. The molecule has 0 aliphatic rings. The largest absolute Gasteiger partial charge is 0.419 e. The molecule has 1 aromatic carbocycles. The standard InChI is InChI=1S/C18H21N3O5S2/c1-11(2)16(17(22)19-10-12-5-4-8-27-12)20-28(24,25)13-6-7-14-15(9-13)26-18(23)21(14)3/h4-9,11,16,20H,10H2,1-3H3,(H,19,22)/t16-/m1/s1. The van der Waals surface area contributed by atoms with Crippen molar-refractivity contribution >= 4 is 38.4 Å².